The molecule has 0 saturated heterocycles. The van der Waals surface area contributed by atoms with E-state index in [1.54, 1.807) is 0 Å². The maximum Gasteiger partial charge on any atom is 1.00 e. The molecule has 0 radical (unpaired) electrons. The van der Waals surface area contributed by atoms with Crippen molar-refractivity contribution >= 4 is 10.1 Å². The van der Waals surface area contributed by atoms with E-state index in [-0.39, 0.29) is 57.5 Å². The van der Waals surface area contributed by atoms with Gasteiger partial charge in [0.1, 0.15) is 0 Å². The van der Waals surface area contributed by atoms with E-state index in [0.717, 1.165) is 38.5 Å². The van der Waals surface area contributed by atoms with Crippen LogP contribution in [0.4, 0.5) is 0 Å². The summed E-state index contributed by atoms with van der Waals surface area (Å²) >= 11 is 0. The minimum Gasteiger partial charge on any atom is -0.748 e. The Morgan fingerprint density at radius 2 is 1.04 bits per heavy atom. The van der Waals surface area contributed by atoms with E-state index in [9.17, 15) is 18.1 Å². The zero-order chi connectivity index (χ0) is 19.7. The molecule has 0 aromatic rings. The predicted octanol–water partition coefficient (Wildman–Crippen LogP) is 2.94. The summed E-state index contributed by atoms with van der Waals surface area (Å²) in [4.78, 5) is 0. The van der Waals surface area contributed by atoms with E-state index in [1.807, 2.05) is 0 Å². The van der Waals surface area contributed by atoms with Crippen LogP contribution >= 0.6 is 0 Å². The van der Waals surface area contributed by atoms with Gasteiger partial charge in [-0.2, -0.15) is 0 Å². The van der Waals surface area contributed by atoms with Gasteiger partial charge < -0.3 is 9.66 Å². The summed E-state index contributed by atoms with van der Waals surface area (Å²) in [5, 5.41) is 9.18. The van der Waals surface area contributed by atoms with E-state index in [1.165, 1.54) is 71.1 Å². The number of aliphatic hydroxyl groups is 1. The van der Waals surface area contributed by atoms with Crippen LogP contribution in [0.15, 0.2) is 0 Å². The molecule has 0 aromatic carbocycles. The summed E-state index contributed by atoms with van der Waals surface area (Å²) in [7, 11) is -4.09. The molecule has 2 atom stereocenters. The molecule has 27 heavy (non-hydrogen) atoms. The van der Waals surface area contributed by atoms with Gasteiger partial charge in [0.2, 0.25) is 0 Å². The summed E-state index contributed by atoms with van der Waals surface area (Å²) < 4.78 is 32.3. The Morgan fingerprint density at radius 3 is 1.41 bits per heavy atom. The molecule has 0 amide bonds. The van der Waals surface area contributed by atoms with E-state index >= 15 is 0 Å². The van der Waals surface area contributed by atoms with Crippen molar-refractivity contribution in [2.24, 2.45) is 0 Å². The fourth-order valence-corrected chi connectivity index (χ4v) is 3.78. The van der Waals surface area contributed by atoms with Gasteiger partial charge in [-0.3, -0.25) is 0 Å². The molecule has 4 nitrogen and oxygen atoms in total. The van der Waals surface area contributed by atoms with Gasteiger partial charge in [-0.1, -0.05) is 96.8 Å². The van der Waals surface area contributed by atoms with Crippen molar-refractivity contribution in [2.75, 3.05) is 0 Å². The third-order valence-electron chi connectivity index (χ3n) is 5.28. The van der Waals surface area contributed by atoms with Crippen LogP contribution < -0.4 is 51.4 Å². The van der Waals surface area contributed by atoms with Gasteiger partial charge in [0.05, 0.1) is 16.2 Å². The van der Waals surface area contributed by atoms with Crippen molar-refractivity contribution in [1.29, 1.82) is 0 Å². The average molecular weight is 431 g/mol. The van der Waals surface area contributed by atoms with E-state index in [4.69, 9.17) is 0 Å². The molecule has 0 spiro atoms. The SMILES string of the molecule is CCCCCCC(O)CCCCCCCCCCCCC(C)S(=O)(=O)[O-].[K+]. The van der Waals surface area contributed by atoms with Crippen molar-refractivity contribution in [3.8, 4) is 0 Å². The number of hydrogen-bond donors (Lipinski definition) is 1. The van der Waals surface area contributed by atoms with E-state index in [2.05, 4.69) is 6.92 Å². The normalized spacial score (nSPS) is 13.9. The van der Waals surface area contributed by atoms with Gasteiger partial charge >= 0.3 is 51.4 Å². The predicted molar refractivity (Wildman–Crippen MR) is 109 cm³/mol. The Hall–Kier alpha value is 1.51. The van der Waals surface area contributed by atoms with Crippen molar-refractivity contribution in [1.82, 2.24) is 0 Å². The van der Waals surface area contributed by atoms with E-state index < -0.39 is 15.4 Å². The summed E-state index contributed by atoms with van der Waals surface area (Å²) in [6.45, 7) is 3.72. The molecule has 1 N–H and O–H groups in total. The first-order chi connectivity index (χ1) is 12.4. The number of rotatable bonds is 19. The van der Waals surface area contributed by atoms with Gasteiger partial charge in [0.25, 0.3) is 0 Å². The van der Waals surface area contributed by atoms with Crippen molar-refractivity contribution in [3.05, 3.63) is 0 Å². The maximum atomic E-state index is 10.8. The van der Waals surface area contributed by atoms with Gasteiger partial charge in [-0.15, -0.1) is 0 Å². The molecule has 0 saturated carbocycles. The van der Waals surface area contributed by atoms with Gasteiger partial charge in [0.15, 0.2) is 0 Å². The van der Waals surface area contributed by atoms with Gasteiger partial charge in [-0.25, -0.2) is 8.42 Å². The largest absolute Gasteiger partial charge is 1.00 e. The first-order valence-corrected chi connectivity index (χ1v) is 12.5. The number of unbranched alkanes of at least 4 members (excludes halogenated alkanes) is 12. The van der Waals surface area contributed by atoms with Crippen molar-refractivity contribution < 1.29 is 69.5 Å². The topological polar surface area (TPSA) is 77.4 Å². The van der Waals surface area contributed by atoms with Crippen LogP contribution in [0, 0.1) is 0 Å². The maximum absolute atomic E-state index is 10.8. The van der Waals surface area contributed by atoms with Crippen LogP contribution in [0.25, 0.3) is 0 Å². The number of hydrogen-bond acceptors (Lipinski definition) is 4. The van der Waals surface area contributed by atoms with Crippen LogP contribution in [-0.4, -0.2) is 29.4 Å². The monoisotopic (exact) mass is 430 g/mol. The molecule has 0 rings (SSSR count). The summed E-state index contributed by atoms with van der Waals surface area (Å²) in [6, 6.07) is 0. The Balaban J connectivity index is 0. The Labute approximate surface area is 211 Å². The molecular formula is C21H43KO4S. The van der Waals surface area contributed by atoms with Gasteiger partial charge in [0, 0.05) is 5.25 Å². The third kappa shape index (κ3) is 22.0. The molecule has 0 fully saturated rings. The molecule has 0 bridgehead atoms. The molecule has 0 aliphatic rings. The second kappa shape index (κ2) is 20.8. The zero-order valence-corrected chi connectivity index (χ0v) is 22.2. The Bertz CT molecular complexity index is 401. The second-order valence-electron chi connectivity index (χ2n) is 7.92. The third-order valence-corrected chi connectivity index (χ3v) is 6.50. The van der Waals surface area contributed by atoms with Crippen LogP contribution in [0.5, 0.6) is 0 Å². The minimum absolute atomic E-state index is 0. The molecule has 0 aliphatic carbocycles. The van der Waals surface area contributed by atoms with Crippen LogP contribution in [0.3, 0.4) is 0 Å². The fraction of sp³-hybridized carbons (Fsp3) is 1.00. The molecule has 0 aromatic heterocycles. The zero-order valence-electron chi connectivity index (χ0n) is 18.3. The minimum atomic E-state index is -4.09. The van der Waals surface area contributed by atoms with Crippen LogP contribution in [-0.2, 0) is 10.1 Å². The quantitative estimate of drug-likeness (QED) is 0.194. The van der Waals surface area contributed by atoms with Crippen LogP contribution in [0.2, 0.25) is 0 Å². The standard InChI is InChI=1S/C21H44O4S.K/c1-3-4-5-15-18-21(22)19-16-13-11-9-7-6-8-10-12-14-17-20(2)26(23,24)25;/h20-22H,3-19H2,1-2H3,(H,23,24,25);/q;+1/p-1. The van der Waals surface area contributed by atoms with Crippen molar-refractivity contribution in [3.63, 3.8) is 0 Å². The van der Waals surface area contributed by atoms with Crippen LogP contribution in [0.1, 0.15) is 123 Å². The first-order valence-electron chi connectivity index (χ1n) is 11.0. The smallest absolute Gasteiger partial charge is 0.748 e. The average Bonchev–Trinajstić information content (AvgIpc) is 2.58. The van der Waals surface area contributed by atoms with E-state index in [0.29, 0.717) is 6.42 Å². The Morgan fingerprint density at radius 1 is 0.704 bits per heavy atom. The molecular weight excluding hydrogens is 387 g/mol. The Kier molecular flexibility index (Phi) is 23.6. The summed E-state index contributed by atoms with van der Waals surface area (Å²) in [5.41, 5.74) is 0. The second-order valence-corrected chi connectivity index (χ2v) is 9.71. The molecule has 0 heterocycles. The fourth-order valence-electron chi connectivity index (χ4n) is 3.32. The molecule has 158 valence electrons. The molecule has 2 unspecified atom stereocenters. The van der Waals surface area contributed by atoms with Gasteiger partial charge in [-0.05, 0) is 26.2 Å². The first kappa shape index (κ1) is 30.7. The summed E-state index contributed by atoms with van der Waals surface area (Å²) in [5.74, 6) is 0. The summed E-state index contributed by atoms with van der Waals surface area (Å²) in [6.07, 6.45) is 18.9. The molecule has 0 aliphatic heterocycles. The number of aliphatic hydroxyl groups excluding tert-OH is 1. The molecule has 6 heteroatoms. The van der Waals surface area contributed by atoms with Crippen molar-refractivity contribution in [2.45, 2.75) is 134 Å².